The molecular weight excluding hydrogens is 310 g/mol. The molecule has 0 aliphatic carbocycles. The molecule has 1 aliphatic rings. The van der Waals surface area contributed by atoms with Crippen LogP contribution in [0, 0.1) is 6.92 Å². The number of carbonyl (C=O) groups is 1. The largest absolute Gasteiger partial charge is 0.497 e. The summed E-state index contributed by atoms with van der Waals surface area (Å²) in [5.74, 6) is 1.81. The zero-order valence-corrected chi connectivity index (χ0v) is 13.8. The summed E-state index contributed by atoms with van der Waals surface area (Å²) in [4.78, 5) is 12.4. The van der Waals surface area contributed by atoms with Crippen molar-refractivity contribution in [1.29, 1.82) is 0 Å². The van der Waals surface area contributed by atoms with Gasteiger partial charge in [-0.25, -0.2) is 4.79 Å². The average molecular weight is 331 g/mol. The molecule has 1 aromatic heterocycles. The van der Waals surface area contributed by atoms with E-state index in [2.05, 4.69) is 15.8 Å². The van der Waals surface area contributed by atoms with Gasteiger partial charge in [0.15, 0.2) is 5.82 Å². The molecule has 1 fully saturated rings. The molecular formula is C17H21N3O4. The Morgan fingerprint density at radius 3 is 2.54 bits per heavy atom. The molecule has 7 nitrogen and oxygen atoms in total. The molecule has 1 aliphatic heterocycles. The third-order valence-corrected chi connectivity index (χ3v) is 4.21. The Bertz CT molecular complexity index is 690. The fraction of sp³-hybridized carbons (Fsp3) is 0.412. The number of hydrogen-bond acceptors (Lipinski definition) is 5. The van der Waals surface area contributed by atoms with Crippen LogP contribution in [0.2, 0.25) is 0 Å². The SMILES string of the molecule is COc1ccc(C2(NC(=O)Nc3cc(C)on3)CCOCC2)cc1. The molecule has 0 unspecified atom stereocenters. The van der Waals surface area contributed by atoms with Crippen molar-refractivity contribution in [3.8, 4) is 5.75 Å². The van der Waals surface area contributed by atoms with E-state index in [0.717, 1.165) is 11.3 Å². The maximum absolute atomic E-state index is 12.4. The number of nitrogens with one attached hydrogen (secondary N) is 2. The lowest BCUT2D eigenvalue weighted by Crippen LogP contribution is -2.50. The maximum atomic E-state index is 12.4. The normalized spacial score (nSPS) is 16.4. The average Bonchev–Trinajstić information content (AvgIpc) is 3.00. The molecule has 0 radical (unpaired) electrons. The van der Waals surface area contributed by atoms with E-state index in [1.54, 1.807) is 20.1 Å². The van der Waals surface area contributed by atoms with E-state index in [0.29, 0.717) is 37.6 Å². The van der Waals surface area contributed by atoms with Crippen LogP contribution in [-0.4, -0.2) is 31.5 Å². The highest BCUT2D eigenvalue weighted by atomic mass is 16.5. The monoisotopic (exact) mass is 331 g/mol. The molecule has 2 heterocycles. The van der Waals surface area contributed by atoms with E-state index in [4.69, 9.17) is 14.0 Å². The van der Waals surface area contributed by atoms with Crippen LogP contribution < -0.4 is 15.4 Å². The van der Waals surface area contributed by atoms with Gasteiger partial charge in [0.2, 0.25) is 0 Å². The summed E-state index contributed by atoms with van der Waals surface area (Å²) in [6.07, 6.45) is 1.40. The highest BCUT2D eigenvalue weighted by molar-refractivity contribution is 5.88. The van der Waals surface area contributed by atoms with Gasteiger partial charge in [-0.3, -0.25) is 5.32 Å². The Hall–Kier alpha value is -2.54. The van der Waals surface area contributed by atoms with Gasteiger partial charge in [-0.05, 0) is 37.5 Å². The number of aryl methyl sites for hydroxylation is 1. The number of amides is 2. The molecule has 7 heteroatoms. The lowest BCUT2D eigenvalue weighted by molar-refractivity contribution is 0.0417. The summed E-state index contributed by atoms with van der Waals surface area (Å²) >= 11 is 0. The maximum Gasteiger partial charge on any atom is 0.321 e. The van der Waals surface area contributed by atoms with Crippen LogP contribution in [0.3, 0.4) is 0 Å². The number of benzene rings is 1. The molecule has 3 rings (SSSR count). The van der Waals surface area contributed by atoms with Crippen LogP contribution in [0.1, 0.15) is 24.2 Å². The summed E-state index contributed by atoms with van der Waals surface area (Å²) in [7, 11) is 1.63. The quantitative estimate of drug-likeness (QED) is 0.900. The highest BCUT2D eigenvalue weighted by Crippen LogP contribution is 2.33. The Balaban J connectivity index is 1.78. The highest BCUT2D eigenvalue weighted by Gasteiger charge is 2.36. The number of ether oxygens (including phenoxy) is 2. The van der Waals surface area contributed by atoms with Crippen LogP contribution in [0.15, 0.2) is 34.9 Å². The van der Waals surface area contributed by atoms with Gasteiger partial charge in [0.05, 0.1) is 12.6 Å². The van der Waals surface area contributed by atoms with Gasteiger partial charge >= 0.3 is 6.03 Å². The first-order valence-corrected chi connectivity index (χ1v) is 7.86. The van der Waals surface area contributed by atoms with Gasteiger partial charge in [-0.2, -0.15) is 0 Å². The molecule has 2 N–H and O–H groups in total. The Morgan fingerprint density at radius 2 is 1.96 bits per heavy atom. The molecule has 0 saturated carbocycles. The number of methoxy groups -OCH3 is 1. The van der Waals surface area contributed by atoms with Gasteiger partial charge in [0, 0.05) is 19.3 Å². The third-order valence-electron chi connectivity index (χ3n) is 4.21. The van der Waals surface area contributed by atoms with Gasteiger partial charge < -0.3 is 19.3 Å². The van der Waals surface area contributed by atoms with Crippen molar-refractivity contribution in [3.63, 3.8) is 0 Å². The number of nitrogens with zero attached hydrogens (tertiary/aromatic N) is 1. The molecule has 2 amide bonds. The molecule has 24 heavy (non-hydrogen) atoms. The number of rotatable bonds is 4. The second-order valence-electron chi connectivity index (χ2n) is 5.82. The first-order valence-electron chi connectivity index (χ1n) is 7.86. The molecule has 0 atom stereocenters. The zero-order valence-electron chi connectivity index (χ0n) is 13.8. The summed E-state index contributed by atoms with van der Waals surface area (Å²) in [6, 6.07) is 9.10. The topological polar surface area (TPSA) is 85.6 Å². The lowest BCUT2D eigenvalue weighted by atomic mass is 9.82. The summed E-state index contributed by atoms with van der Waals surface area (Å²) in [5, 5.41) is 9.58. The van der Waals surface area contributed by atoms with Crippen LogP contribution in [0.5, 0.6) is 5.75 Å². The van der Waals surface area contributed by atoms with Crippen LogP contribution in [0.4, 0.5) is 10.6 Å². The Kier molecular flexibility index (Phi) is 4.71. The fourth-order valence-electron chi connectivity index (χ4n) is 2.91. The van der Waals surface area contributed by atoms with Gasteiger partial charge in [0.25, 0.3) is 0 Å². The van der Waals surface area contributed by atoms with Crippen LogP contribution in [-0.2, 0) is 10.3 Å². The van der Waals surface area contributed by atoms with E-state index in [9.17, 15) is 4.79 Å². The van der Waals surface area contributed by atoms with Crippen molar-refractivity contribution < 1.29 is 18.8 Å². The summed E-state index contributed by atoms with van der Waals surface area (Å²) in [5.41, 5.74) is 0.547. The number of aromatic nitrogens is 1. The van der Waals surface area contributed by atoms with Crippen LogP contribution in [0.25, 0.3) is 0 Å². The van der Waals surface area contributed by atoms with Crippen molar-refractivity contribution in [3.05, 3.63) is 41.7 Å². The standard InChI is InChI=1S/C17H21N3O4/c1-12-11-15(20-24-12)18-16(21)19-17(7-9-23-10-8-17)13-3-5-14(22-2)6-4-13/h3-6,11H,7-10H2,1-2H3,(H2,18,19,20,21). The van der Waals surface area contributed by atoms with Gasteiger partial charge in [0.1, 0.15) is 11.5 Å². The second-order valence-corrected chi connectivity index (χ2v) is 5.82. The lowest BCUT2D eigenvalue weighted by Gasteiger charge is -2.38. The summed E-state index contributed by atoms with van der Waals surface area (Å²) < 4.78 is 15.6. The number of urea groups is 1. The van der Waals surface area contributed by atoms with Crippen molar-refractivity contribution in [2.45, 2.75) is 25.3 Å². The third kappa shape index (κ3) is 3.51. The van der Waals surface area contributed by atoms with E-state index in [-0.39, 0.29) is 6.03 Å². The predicted molar refractivity (Wildman–Crippen MR) is 88.1 cm³/mol. The minimum atomic E-state index is -0.479. The zero-order chi connectivity index (χ0) is 17.0. The minimum Gasteiger partial charge on any atom is -0.497 e. The van der Waals surface area contributed by atoms with Crippen molar-refractivity contribution in [2.24, 2.45) is 0 Å². The number of carbonyl (C=O) groups excluding carboxylic acids is 1. The smallest absolute Gasteiger partial charge is 0.321 e. The minimum absolute atomic E-state index is 0.319. The Morgan fingerprint density at radius 1 is 1.25 bits per heavy atom. The molecule has 0 bridgehead atoms. The molecule has 1 saturated heterocycles. The number of hydrogen-bond donors (Lipinski definition) is 2. The fourth-order valence-corrected chi connectivity index (χ4v) is 2.91. The first-order chi connectivity index (χ1) is 11.6. The second kappa shape index (κ2) is 6.92. The van der Waals surface area contributed by atoms with Gasteiger partial charge in [-0.15, -0.1) is 0 Å². The van der Waals surface area contributed by atoms with Crippen LogP contribution >= 0.6 is 0 Å². The van der Waals surface area contributed by atoms with Gasteiger partial charge in [-0.1, -0.05) is 17.3 Å². The number of anilines is 1. The van der Waals surface area contributed by atoms with Crippen molar-refractivity contribution in [1.82, 2.24) is 10.5 Å². The molecule has 128 valence electrons. The van der Waals surface area contributed by atoms with Crippen molar-refractivity contribution >= 4 is 11.8 Å². The van der Waals surface area contributed by atoms with E-state index >= 15 is 0 Å². The molecule has 1 aromatic carbocycles. The van der Waals surface area contributed by atoms with E-state index in [1.807, 2.05) is 24.3 Å². The summed E-state index contributed by atoms with van der Waals surface area (Å²) in [6.45, 7) is 2.96. The Labute approximate surface area is 140 Å². The van der Waals surface area contributed by atoms with E-state index < -0.39 is 5.54 Å². The predicted octanol–water partition coefficient (Wildman–Crippen LogP) is 2.82. The molecule has 0 spiro atoms. The molecule has 2 aromatic rings. The van der Waals surface area contributed by atoms with E-state index in [1.165, 1.54) is 0 Å². The van der Waals surface area contributed by atoms with Crippen molar-refractivity contribution in [2.75, 3.05) is 25.6 Å². The first kappa shape index (κ1) is 16.3.